The second-order valence-corrected chi connectivity index (χ2v) is 10.5. The van der Waals surface area contributed by atoms with Crippen molar-refractivity contribution in [3.05, 3.63) is 47.5 Å². The Morgan fingerprint density at radius 3 is 2.61 bits per heavy atom. The number of hydrogen-bond acceptors (Lipinski definition) is 7. The van der Waals surface area contributed by atoms with Crippen molar-refractivity contribution < 1.29 is 18.5 Å². The quantitative estimate of drug-likeness (QED) is 0.405. The number of carbonyl (C=O) groups excluding carboxylic acids is 2. The van der Waals surface area contributed by atoms with Crippen molar-refractivity contribution in [1.29, 1.82) is 0 Å². The van der Waals surface area contributed by atoms with E-state index in [2.05, 4.69) is 31.1 Å². The van der Waals surface area contributed by atoms with Crippen LogP contribution in [0.5, 0.6) is 0 Å². The van der Waals surface area contributed by atoms with Crippen molar-refractivity contribution in [3.8, 4) is 0 Å². The first-order chi connectivity index (χ1) is 18.1. The third-order valence-electron chi connectivity index (χ3n) is 6.77. The lowest BCUT2D eigenvalue weighted by Crippen LogP contribution is -2.52. The van der Waals surface area contributed by atoms with Gasteiger partial charge in [0.1, 0.15) is 11.6 Å². The maximum atomic E-state index is 14.7. The van der Waals surface area contributed by atoms with Gasteiger partial charge >= 0.3 is 12.1 Å². The van der Waals surface area contributed by atoms with Crippen LogP contribution >= 0.6 is 0 Å². The summed E-state index contributed by atoms with van der Waals surface area (Å²) < 4.78 is 19.9. The summed E-state index contributed by atoms with van der Waals surface area (Å²) >= 11 is 0. The Balaban J connectivity index is 1.39. The average molecular weight is 523 g/mol. The van der Waals surface area contributed by atoms with Crippen LogP contribution in [0.4, 0.5) is 43.0 Å². The minimum atomic E-state index is -0.700. The lowest BCUT2D eigenvalue weighted by atomic mass is 9.92. The molecule has 3 heterocycles. The third kappa shape index (κ3) is 4.98. The van der Waals surface area contributed by atoms with Crippen molar-refractivity contribution in [2.75, 3.05) is 32.8 Å². The van der Waals surface area contributed by atoms with Crippen LogP contribution in [0.1, 0.15) is 57.7 Å². The molecule has 0 radical (unpaired) electrons. The van der Waals surface area contributed by atoms with E-state index in [1.807, 2.05) is 20.8 Å². The first-order valence-corrected chi connectivity index (χ1v) is 12.6. The van der Waals surface area contributed by atoms with E-state index in [0.29, 0.717) is 23.1 Å². The molecule has 0 saturated heterocycles. The molecule has 200 valence electrons. The Labute approximate surface area is 219 Å². The lowest BCUT2D eigenvalue weighted by Gasteiger charge is -2.39. The van der Waals surface area contributed by atoms with E-state index in [1.54, 1.807) is 29.1 Å². The molecule has 0 unspecified atom stereocenters. The van der Waals surface area contributed by atoms with Gasteiger partial charge in [0.15, 0.2) is 0 Å². The summed E-state index contributed by atoms with van der Waals surface area (Å²) in [5.74, 6) is 0.531. The molecule has 1 saturated carbocycles. The number of fused-ring (bicyclic) bond motifs is 1. The molecule has 1 fully saturated rings. The maximum absolute atomic E-state index is 14.7. The highest BCUT2D eigenvalue weighted by Crippen LogP contribution is 2.37. The zero-order valence-corrected chi connectivity index (χ0v) is 21.8. The van der Waals surface area contributed by atoms with E-state index in [0.717, 1.165) is 31.2 Å². The van der Waals surface area contributed by atoms with Crippen LogP contribution in [0.2, 0.25) is 0 Å². The lowest BCUT2D eigenvalue weighted by molar-refractivity contribution is 0.247. The van der Waals surface area contributed by atoms with Crippen molar-refractivity contribution in [2.24, 2.45) is 0 Å². The third-order valence-corrected chi connectivity index (χ3v) is 6.77. The fraction of sp³-hybridized carbons (Fsp3) is 0.423. The number of amides is 4. The van der Waals surface area contributed by atoms with Gasteiger partial charge in [-0.15, -0.1) is 0 Å². The molecule has 1 aromatic carbocycles. The number of urea groups is 2. The predicted molar refractivity (Wildman–Crippen MR) is 142 cm³/mol. The van der Waals surface area contributed by atoms with Crippen molar-refractivity contribution >= 4 is 41.1 Å². The summed E-state index contributed by atoms with van der Waals surface area (Å²) in [6.45, 7) is 6.12. The number of nitrogens with zero attached hydrogens (tertiary/aromatic N) is 5. The van der Waals surface area contributed by atoms with Crippen LogP contribution in [-0.2, 0) is 12.0 Å². The molecule has 0 spiro atoms. The van der Waals surface area contributed by atoms with E-state index in [-0.39, 0.29) is 35.6 Å². The fourth-order valence-corrected chi connectivity index (χ4v) is 4.72. The standard InChI is InChI=1S/C26H31FN8O3/c1-26(2,3)20-12-21(38-33-20)31-24(36)30-19-11-17(9-10-18(19)27)34-14-15-13-29-23(28-4)32-22(15)35(25(34)37)16-7-5-6-8-16/h9-13,16H,5-8,14H2,1-4H3,(H,28,29,32)(H2,30,31,36). The molecule has 2 aliphatic rings. The van der Waals surface area contributed by atoms with Gasteiger partial charge in [-0.1, -0.05) is 38.8 Å². The summed E-state index contributed by atoms with van der Waals surface area (Å²) in [6, 6.07) is 4.87. The van der Waals surface area contributed by atoms with Crippen molar-refractivity contribution in [3.63, 3.8) is 0 Å². The summed E-state index contributed by atoms with van der Waals surface area (Å²) in [5, 5.41) is 11.9. The van der Waals surface area contributed by atoms with E-state index < -0.39 is 11.8 Å². The summed E-state index contributed by atoms with van der Waals surface area (Å²) in [7, 11) is 1.73. The molecule has 5 rings (SSSR count). The van der Waals surface area contributed by atoms with E-state index in [9.17, 15) is 14.0 Å². The zero-order chi connectivity index (χ0) is 27.0. The summed E-state index contributed by atoms with van der Waals surface area (Å²) in [4.78, 5) is 38.6. The number of hydrogen-bond donors (Lipinski definition) is 3. The maximum Gasteiger partial charge on any atom is 0.330 e. The second-order valence-electron chi connectivity index (χ2n) is 10.5. The largest absolute Gasteiger partial charge is 0.357 e. The molecular formula is C26H31FN8O3. The summed E-state index contributed by atoms with van der Waals surface area (Å²) in [5.41, 5.74) is 1.55. The Hall–Kier alpha value is -4.22. The Kier molecular flexibility index (Phi) is 6.64. The van der Waals surface area contributed by atoms with E-state index in [4.69, 9.17) is 4.52 Å². The predicted octanol–water partition coefficient (Wildman–Crippen LogP) is 5.48. The molecular weight excluding hydrogens is 491 g/mol. The molecule has 12 heteroatoms. The van der Waals surface area contributed by atoms with Gasteiger partial charge in [0.25, 0.3) is 0 Å². The highest BCUT2D eigenvalue weighted by Gasteiger charge is 2.38. The van der Waals surface area contributed by atoms with Gasteiger partial charge in [-0.2, -0.15) is 4.98 Å². The first kappa shape index (κ1) is 25.4. The number of rotatable bonds is 5. The molecule has 4 amide bonds. The number of benzene rings is 1. The van der Waals surface area contributed by atoms with Crippen LogP contribution in [-0.4, -0.2) is 40.3 Å². The van der Waals surface area contributed by atoms with Crippen LogP contribution in [0.3, 0.4) is 0 Å². The van der Waals surface area contributed by atoms with Crippen LogP contribution in [0.25, 0.3) is 0 Å². The smallest absolute Gasteiger partial charge is 0.330 e. The highest BCUT2D eigenvalue weighted by atomic mass is 19.1. The minimum Gasteiger partial charge on any atom is -0.357 e. The molecule has 38 heavy (non-hydrogen) atoms. The SMILES string of the molecule is CNc1ncc2c(n1)N(C1CCCC1)C(=O)N(c1ccc(F)c(NC(=O)Nc3cc(C(C)(C)C)no3)c1)C2. The molecule has 3 N–H and O–H groups in total. The van der Waals surface area contributed by atoms with Crippen LogP contribution < -0.4 is 25.8 Å². The Bertz CT molecular complexity index is 1360. The summed E-state index contributed by atoms with van der Waals surface area (Å²) in [6.07, 6.45) is 5.54. The average Bonchev–Trinajstić information content (AvgIpc) is 3.57. The van der Waals surface area contributed by atoms with Gasteiger partial charge in [0.2, 0.25) is 11.8 Å². The molecule has 2 aromatic heterocycles. The monoisotopic (exact) mass is 522 g/mol. The Morgan fingerprint density at radius 1 is 1.16 bits per heavy atom. The van der Waals surface area contributed by atoms with Crippen molar-refractivity contribution in [1.82, 2.24) is 15.1 Å². The minimum absolute atomic E-state index is 0.0207. The van der Waals surface area contributed by atoms with E-state index >= 15 is 0 Å². The highest BCUT2D eigenvalue weighted by molar-refractivity contribution is 6.06. The van der Waals surface area contributed by atoms with Gasteiger partial charge in [-0.25, -0.2) is 19.0 Å². The number of halogens is 1. The molecule has 1 aliphatic carbocycles. The van der Waals surface area contributed by atoms with Gasteiger partial charge in [-0.05, 0) is 31.0 Å². The van der Waals surface area contributed by atoms with Gasteiger partial charge in [0.05, 0.1) is 17.9 Å². The Morgan fingerprint density at radius 2 is 1.92 bits per heavy atom. The van der Waals surface area contributed by atoms with Gasteiger partial charge < -0.3 is 15.2 Å². The normalized spacial score (nSPS) is 16.0. The fourth-order valence-electron chi connectivity index (χ4n) is 4.72. The van der Waals surface area contributed by atoms with Crippen LogP contribution in [0, 0.1) is 5.82 Å². The number of nitrogens with one attached hydrogen (secondary N) is 3. The molecule has 0 bridgehead atoms. The first-order valence-electron chi connectivity index (χ1n) is 12.6. The van der Waals surface area contributed by atoms with E-state index in [1.165, 1.54) is 18.2 Å². The molecule has 3 aromatic rings. The molecule has 0 atom stereocenters. The van der Waals surface area contributed by atoms with Crippen molar-refractivity contribution in [2.45, 2.75) is 64.5 Å². The van der Waals surface area contributed by atoms with Crippen LogP contribution in [0.15, 0.2) is 35.0 Å². The van der Waals surface area contributed by atoms with Gasteiger partial charge in [-0.3, -0.25) is 15.1 Å². The number of aromatic nitrogens is 3. The molecule has 11 nitrogen and oxygen atoms in total. The zero-order valence-electron chi connectivity index (χ0n) is 21.8. The second kappa shape index (κ2) is 9.92. The molecule has 1 aliphatic heterocycles. The number of anilines is 5. The van der Waals surface area contributed by atoms with Gasteiger partial charge in [0, 0.05) is 42.0 Å². The topological polar surface area (TPSA) is 129 Å². The number of carbonyl (C=O) groups is 2.